The standard InChI is InChI=1S/C14H15N3O3S/c1-21(19,20)14-7-6-12(9-16-14)17-13(18)8-10-2-4-11(15)5-3-10/h2-7,9H,8,15H2,1H3,(H,17,18). The maximum atomic E-state index is 11.9. The fourth-order valence-corrected chi connectivity index (χ4v) is 2.26. The van der Waals surface area contributed by atoms with Crippen molar-refractivity contribution in [3.05, 3.63) is 48.2 Å². The highest BCUT2D eigenvalue weighted by atomic mass is 32.2. The summed E-state index contributed by atoms with van der Waals surface area (Å²) in [5.41, 5.74) is 7.49. The normalized spacial score (nSPS) is 11.1. The molecule has 2 rings (SSSR count). The summed E-state index contributed by atoms with van der Waals surface area (Å²) >= 11 is 0. The van der Waals surface area contributed by atoms with Gasteiger partial charge in [-0.15, -0.1) is 0 Å². The molecule has 0 aliphatic heterocycles. The fourth-order valence-electron chi connectivity index (χ4n) is 1.70. The van der Waals surface area contributed by atoms with Crippen LogP contribution in [0.1, 0.15) is 5.56 Å². The van der Waals surface area contributed by atoms with Crippen molar-refractivity contribution in [1.29, 1.82) is 0 Å². The second-order valence-corrected chi connectivity index (χ2v) is 6.59. The van der Waals surface area contributed by atoms with Crippen LogP contribution in [0.5, 0.6) is 0 Å². The minimum absolute atomic E-state index is 0.0287. The molecule has 1 aromatic heterocycles. The van der Waals surface area contributed by atoms with Crippen LogP contribution in [0.15, 0.2) is 47.6 Å². The Morgan fingerprint density at radius 3 is 2.38 bits per heavy atom. The summed E-state index contributed by atoms with van der Waals surface area (Å²) in [6, 6.07) is 9.87. The number of hydrogen-bond donors (Lipinski definition) is 2. The Kier molecular flexibility index (Phi) is 4.23. The lowest BCUT2D eigenvalue weighted by molar-refractivity contribution is -0.115. The first-order valence-electron chi connectivity index (χ1n) is 6.15. The van der Waals surface area contributed by atoms with Crippen molar-refractivity contribution in [1.82, 2.24) is 4.98 Å². The summed E-state index contributed by atoms with van der Waals surface area (Å²) in [4.78, 5) is 15.7. The predicted octanol–water partition coefficient (Wildman–Crippen LogP) is 1.25. The third-order valence-electron chi connectivity index (χ3n) is 2.74. The number of amides is 1. The smallest absolute Gasteiger partial charge is 0.228 e. The molecule has 0 aliphatic rings. The first kappa shape index (κ1) is 15.0. The molecular formula is C14H15N3O3S. The second kappa shape index (κ2) is 5.92. The first-order valence-corrected chi connectivity index (χ1v) is 8.04. The van der Waals surface area contributed by atoms with Gasteiger partial charge in [0, 0.05) is 11.9 Å². The minimum atomic E-state index is -3.34. The summed E-state index contributed by atoms with van der Waals surface area (Å²) in [5.74, 6) is -0.214. The highest BCUT2D eigenvalue weighted by molar-refractivity contribution is 7.90. The quantitative estimate of drug-likeness (QED) is 0.828. The molecule has 7 heteroatoms. The number of aromatic nitrogens is 1. The van der Waals surface area contributed by atoms with E-state index in [1.54, 1.807) is 24.3 Å². The summed E-state index contributed by atoms with van der Waals surface area (Å²) < 4.78 is 22.5. The number of rotatable bonds is 4. The SMILES string of the molecule is CS(=O)(=O)c1ccc(NC(=O)Cc2ccc(N)cc2)cn1. The zero-order chi connectivity index (χ0) is 15.5. The molecule has 0 radical (unpaired) electrons. The number of nitrogens with zero attached hydrogens (tertiary/aromatic N) is 1. The molecule has 1 heterocycles. The van der Waals surface area contributed by atoms with Crippen molar-refractivity contribution >= 4 is 27.1 Å². The van der Waals surface area contributed by atoms with E-state index in [1.807, 2.05) is 0 Å². The third kappa shape index (κ3) is 4.28. The molecule has 21 heavy (non-hydrogen) atoms. The molecule has 0 fully saturated rings. The number of benzene rings is 1. The van der Waals surface area contributed by atoms with Crippen LogP contribution in [0.2, 0.25) is 0 Å². The van der Waals surface area contributed by atoms with Gasteiger partial charge in [0.25, 0.3) is 0 Å². The molecular weight excluding hydrogens is 290 g/mol. The number of carbonyl (C=O) groups is 1. The van der Waals surface area contributed by atoms with E-state index in [0.29, 0.717) is 11.4 Å². The highest BCUT2D eigenvalue weighted by Gasteiger charge is 2.09. The van der Waals surface area contributed by atoms with Crippen molar-refractivity contribution in [2.75, 3.05) is 17.3 Å². The Hall–Kier alpha value is -2.41. The number of anilines is 2. The van der Waals surface area contributed by atoms with Crippen LogP contribution >= 0.6 is 0 Å². The molecule has 0 spiro atoms. The molecule has 1 aromatic carbocycles. The monoisotopic (exact) mass is 305 g/mol. The van der Waals surface area contributed by atoms with E-state index in [2.05, 4.69) is 10.3 Å². The van der Waals surface area contributed by atoms with E-state index in [0.717, 1.165) is 11.8 Å². The van der Waals surface area contributed by atoms with Crippen LogP contribution in [0, 0.1) is 0 Å². The average molecular weight is 305 g/mol. The van der Waals surface area contributed by atoms with Crippen LogP contribution in [-0.4, -0.2) is 25.6 Å². The van der Waals surface area contributed by atoms with Gasteiger partial charge in [0.15, 0.2) is 14.9 Å². The summed E-state index contributed by atoms with van der Waals surface area (Å²) in [5, 5.41) is 2.63. The van der Waals surface area contributed by atoms with Gasteiger partial charge in [0.2, 0.25) is 5.91 Å². The van der Waals surface area contributed by atoms with Gasteiger partial charge in [-0.2, -0.15) is 0 Å². The zero-order valence-corrected chi connectivity index (χ0v) is 12.2. The molecule has 0 atom stereocenters. The fraction of sp³-hybridized carbons (Fsp3) is 0.143. The predicted molar refractivity (Wildman–Crippen MR) is 80.5 cm³/mol. The number of carbonyl (C=O) groups excluding carboxylic acids is 1. The largest absolute Gasteiger partial charge is 0.399 e. The Morgan fingerprint density at radius 2 is 1.86 bits per heavy atom. The molecule has 0 saturated carbocycles. The van der Waals surface area contributed by atoms with Gasteiger partial charge in [-0.05, 0) is 29.8 Å². The van der Waals surface area contributed by atoms with Crippen LogP contribution in [0.4, 0.5) is 11.4 Å². The van der Waals surface area contributed by atoms with Crippen LogP contribution in [-0.2, 0) is 21.1 Å². The van der Waals surface area contributed by atoms with E-state index < -0.39 is 9.84 Å². The minimum Gasteiger partial charge on any atom is -0.399 e. The summed E-state index contributed by atoms with van der Waals surface area (Å²) in [7, 11) is -3.34. The molecule has 1 amide bonds. The summed E-state index contributed by atoms with van der Waals surface area (Å²) in [6.07, 6.45) is 2.60. The van der Waals surface area contributed by atoms with E-state index in [-0.39, 0.29) is 17.4 Å². The number of nitrogen functional groups attached to an aromatic ring is 1. The van der Waals surface area contributed by atoms with Gasteiger partial charge in [-0.1, -0.05) is 12.1 Å². The lowest BCUT2D eigenvalue weighted by Crippen LogP contribution is -2.14. The third-order valence-corrected chi connectivity index (χ3v) is 3.75. The van der Waals surface area contributed by atoms with Gasteiger partial charge in [0.05, 0.1) is 18.3 Å². The van der Waals surface area contributed by atoms with Crippen molar-refractivity contribution < 1.29 is 13.2 Å². The molecule has 110 valence electrons. The number of nitrogens with one attached hydrogen (secondary N) is 1. The Labute approximate surface area is 122 Å². The van der Waals surface area contributed by atoms with Crippen molar-refractivity contribution in [2.45, 2.75) is 11.4 Å². The van der Waals surface area contributed by atoms with Gasteiger partial charge >= 0.3 is 0 Å². The lowest BCUT2D eigenvalue weighted by atomic mass is 10.1. The molecule has 0 aliphatic carbocycles. The van der Waals surface area contributed by atoms with E-state index >= 15 is 0 Å². The molecule has 0 unspecified atom stereocenters. The molecule has 3 N–H and O–H groups in total. The molecule has 0 saturated heterocycles. The highest BCUT2D eigenvalue weighted by Crippen LogP contribution is 2.11. The first-order chi connectivity index (χ1) is 9.84. The Bertz CT molecular complexity index is 738. The van der Waals surface area contributed by atoms with Crippen molar-refractivity contribution in [3.63, 3.8) is 0 Å². The number of hydrogen-bond acceptors (Lipinski definition) is 5. The van der Waals surface area contributed by atoms with Gasteiger partial charge in [0.1, 0.15) is 0 Å². The van der Waals surface area contributed by atoms with Gasteiger partial charge < -0.3 is 11.1 Å². The Balaban J connectivity index is 2.01. The van der Waals surface area contributed by atoms with E-state index in [4.69, 9.17) is 5.73 Å². The van der Waals surface area contributed by atoms with E-state index in [9.17, 15) is 13.2 Å². The second-order valence-electron chi connectivity index (χ2n) is 4.62. The van der Waals surface area contributed by atoms with Crippen LogP contribution < -0.4 is 11.1 Å². The van der Waals surface area contributed by atoms with Gasteiger partial charge in [-0.3, -0.25) is 4.79 Å². The summed E-state index contributed by atoms with van der Waals surface area (Å²) in [6.45, 7) is 0. The zero-order valence-electron chi connectivity index (χ0n) is 11.4. The molecule has 6 nitrogen and oxygen atoms in total. The Morgan fingerprint density at radius 1 is 1.19 bits per heavy atom. The van der Waals surface area contributed by atoms with Crippen molar-refractivity contribution in [3.8, 4) is 0 Å². The van der Waals surface area contributed by atoms with Crippen LogP contribution in [0.3, 0.4) is 0 Å². The molecule has 0 bridgehead atoms. The number of sulfone groups is 1. The maximum absolute atomic E-state index is 11.9. The van der Waals surface area contributed by atoms with E-state index in [1.165, 1.54) is 18.3 Å². The maximum Gasteiger partial charge on any atom is 0.228 e. The topological polar surface area (TPSA) is 102 Å². The average Bonchev–Trinajstić information content (AvgIpc) is 2.41. The lowest BCUT2D eigenvalue weighted by Gasteiger charge is -2.06. The molecule has 2 aromatic rings. The number of pyridine rings is 1. The van der Waals surface area contributed by atoms with Gasteiger partial charge in [-0.25, -0.2) is 13.4 Å². The van der Waals surface area contributed by atoms with Crippen molar-refractivity contribution in [2.24, 2.45) is 0 Å². The number of nitrogens with two attached hydrogens (primary N) is 1. The van der Waals surface area contributed by atoms with Crippen LogP contribution in [0.25, 0.3) is 0 Å².